The minimum atomic E-state index is -4.12. The van der Waals surface area contributed by atoms with Crippen LogP contribution in [0.1, 0.15) is 16.8 Å². The van der Waals surface area contributed by atoms with Crippen LogP contribution in [0.25, 0.3) is 0 Å². The van der Waals surface area contributed by atoms with Crippen molar-refractivity contribution in [1.29, 1.82) is 0 Å². The Kier molecular flexibility index (Phi) is 6.06. The second kappa shape index (κ2) is 8.54. The summed E-state index contributed by atoms with van der Waals surface area (Å²) in [5.74, 6) is -0.176. The molecule has 8 nitrogen and oxygen atoms in total. The van der Waals surface area contributed by atoms with Crippen molar-refractivity contribution in [1.82, 2.24) is 4.72 Å². The highest BCUT2D eigenvalue weighted by Crippen LogP contribution is 2.23. The Labute approximate surface area is 173 Å². The summed E-state index contributed by atoms with van der Waals surface area (Å²) in [7, 11) is -4.12. The van der Waals surface area contributed by atoms with Crippen molar-refractivity contribution in [2.75, 3.05) is 0 Å². The Balaban J connectivity index is 1.67. The number of aliphatic hydroxyl groups is 1. The third kappa shape index (κ3) is 5.15. The molecule has 0 fully saturated rings. The van der Waals surface area contributed by atoms with Crippen LogP contribution < -0.4 is 4.72 Å². The van der Waals surface area contributed by atoms with Gasteiger partial charge in [-0.2, -0.15) is 4.72 Å². The number of nitro benzene ring substituents is 1. The summed E-state index contributed by atoms with van der Waals surface area (Å²) < 4.78 is 27.2. The molecule has 0 aliphatic heterocycles. The van der Waals surface area contributed by atoms with Gasteiger partial charge in [-0.1, -0.05) is 48.6 Å². The first-order valence-electron chi connectivity index (χ1n) is 8.86. The number of rotatable bonds is 7. The lowest BCUT2D eigenvalue weighted by molar-refractivity contribution is -0.384. The fraction of sp³-hybridized carbons (Fsp3) is 0.0952. The summed E-state index contributed by atoms with van der Waals surface area (Å²) in [4.78, 5) is 22.0. The summed E-state index contributed by atoms with van der Waals surface area (Å²) in [5, 5.41) is 21.3. The quantitative estimate of drug-likeness (QED) is 0.230. The van der Waals surface area contributed by atoms with Gasteiger partial charge in [0.05, 0.1) is 9.82 Å². The average molecular weight is 426 g/mol. The van der Waals surface area contributed by atoms with Crippen LogP contribution in [0.3, 0.4) is 0 Å². The van der Waals surface area contributed by atoms with E-state index in [0.29, 0.717) is 11.1 Å². The molecule has 2 aromatic carbocycles. The number of non-ortho nitro benzene ring substituents is 1. The molecule has 9 heteroatoms. The lowest BCUT2D eigenvalue weighted by Gasteiger charge is -2.27. The van der Waals surface area contributed by atoms with E-state index in [1.165, 1.54) is 18.2 Å². The van der Waals surface area contributed by atoms with Crippen LogP contribution in [0.2, 0.25) is 0 Å². The standard InChI is InChI=1S/C21H18N2O6S/c24-20(17-4-2-1-3-5-17)11-6-16-12-14-21(25,15-13-16)22-30(28,29)19-9-7-18(8-10-19)23(26)27/h1-14,22,25H,15H2. The van der Waals surface area contributed by atoms with Crippen molar-refractivity contribution in [3.63, 3.8) is 0 Å². The van der Waals surface area contributed by atoms with Crippen LogP contribution in [0.5, 0.6) is 0 Å². The molecule has 0 aromatic heterocycles. The molecule has 0 bridgehead atoms. The molecule has 2 N–H and O–H groups in total. The maximum Gasteiger partial charge on any atom is 0.269 e. The monoisotopic (exact) mass is 426 g/mol. The fourth-order valence-corrected chi connectivity index (χ4v) is 3.98. The number of ketones is 1. The third-order valence-corrected chi connectivity index (χ3v) is 5.87. The first-order valence-corrected chi connectivity index (χ1v) is 10.3. The van der Waals surface area contributed by atoms with Crippen LogP contribution in [-0.2, 0) is 10.0 Å². The molecule has 0 spiro atoms. The largest absolute Gasteiger partial charge is 0.371 e. The van der Waals surface area contributed by atoms with Gasteiger partial charge in [-0.3, -0.25) is 14.9 Å². The maximum atomic E-state index is 12.5. The van der Waals surface area contributed by atoms with Crippen LogP contribution in [0, 0.1) is 10.1 Å². The van der Waals surface area contributed by atoms with Crippen molar-refractivity contribution >= 4 is 21.5 Å². The Hall–Kier alpha value is -3.40. The third-order valence-electron chi connectivity index (χ3n) is 4.35. The van der Waals surface area contributed by atoms with Crippen molar-refractivity contribution in [2.24, 2.45) is 0 Å². The second-order valence-electron chi connectivity index (χ2n) is 6.59. The molecular weight excluding hydrogens is 408 g/mol. The molecule has 154 valence electrons. The van der Waals surface area contributed by atoms with E-state index in [-0.39, 0.29) is 22.8 Å². The minimum absolute atomic E-state index is 0.0606. The molecule has 1 aliphatic rings. The van der Waals surface area contributed by atoms with Crippen LogP contribution in [-0.4, -0.2) is 30.0 Å². The van der Waals surface area contributed by atoms with Gasteiger partial charge in [-0.25, -0.2) is 8.42 Å². The van der Waals surface area contributed by atoms with Gasteiger partial charge in [0.15, 0.2) is 11.5 Å². The Bertz CT molecular complexity index is 1150. The smallest absolute Gasteiger partial charge is 0.269 e. The Morgan fingerprint density at radius 2 is 1.80 bits per heavy atom. The highest BCUT2D eigenvalue weighted by atomic mass is 32.2. The van der Waals surface area contributed by atoms with Crippen LogP contribution in [0.15, 0.2) is 95.4 Å². The van der Waals surface area contributed by atoms with Gasteiger partial charge >= 0.3 is 0 Å². The second-order valence-corrected chi connectivity index (χ2v) is 8.27. The molecule has 1 aliphatic carbocycles. The van der Waals surface area contributed by atoms with Crippen LogP contribution in [0.4, 0.5) is 5.69 Å². The molecule has 2 aromatic rings. The van der Waals surface area contributed by atoms with Gasteiger partial charge in [0.2, 0.25) is 10.0 Å². The zero-order valence-electron chi connectivity index (χ0n) is 15.6. The van der Waals surface area contributed by atoms with Gasteiger partial charge in [0.1, 0.15) is 0 Å². The molecule has 1 atom stereocenters. The maximum absolute atomic E-state index is 12.5. The number of sulfonamides is 1. The van der Waals surface area contributed by atoms with E-state index < -0.39 is 20.7 Å². The summed E-state index contributed by atoms with van der Waals surface area (Å²) in [5.41, 5.74) is -0.920. The molecular formula is C21H18N2O6S. The SMILES string of the molecule is O=C(C=CC1=CCC(O)(NS(=O)(=O)c2ccc([N+](=O)[O-])cc2)C=C1)c1ccccc1. The number of hydrogen-bond donors (Lipinski definition) is 2. The van der Waals surface area contributed by atoms with Crippen molar-refractivity contribution in [2.45, 2.75) is 17.0 Å². The van der Waals surface area contributed by atoms with E-state index in [0.717, 1.165) is 24.3 Å². The van der Waals surface area contributed by atoms with Crippen molar-refractivity contribution < 1.29 is 23.2 Å². The predicted octanol–water partition coefficient (Wildman–Crippen LogP) is 2.89. The number of hydrogen-bond acceptors (Lipinski definition) is 6. The number of allylic oxidation sites excluding steroid dienone is 4. The zero-order chi connectivity index (χ0) is 21.8. The van der Waals surface area contributed by atoms with Gasteiger partial charge in [0.25, 0.3) is 5.69 Å². The number of nitro groups is 1. The van der Waals surface area contributed by atoms with Gasteiger partial charge in [0, 0.05) is 24.1 Å². The lowest BCUT2D eigenvalue weighted by Crippen LogP contribution is -2.47. The van der Waals surface area contributed by atoms with E-state index >= 15 is 0 Å². The summed E-state index contributed by atoms with van der Waals surface area (Å²) in [6.07, 6.45) is 7.29. The number of nitrogens with zero attached hydrogens (tertiary/aromatic N) is 1. The van der Waals surface area contributed by atoms with E-state index in [1.54, 1.807) is 36.4 Å². The van der Waals surface area contributed by atoms with Crippen molar-refractivity contribution in [3.05, 3.63) is 106 Å². The molecule has 0 heterocycles. The number of benzene rings is 2. The van der Waals surface area contributed by atoms with E-state index in [9.17, 15) is 28.4 Å². The fourth-order valence-electron chi connectivity index (χ4n) is 2.75. The van der Waals surface area contributed by atoms with Gasteiger partial charge in [-0.15, -0.1) is 0 Å². The summed E-state index contributed by atoms with van der Waals surface area (Å²) in [6, 6.07) is 13.1. The van der Waals surface area contributed by atoms with Gasteiger partial charge in [-0.05, 0) is 29.9 Å². The normalized spacial score (nSPS) is 18.9. The number of carbonyl (C=O) groups excluding carboxylic acids is 1. The van der Waals surface area contributed by atoms with E-state index in [1.807, 2.05) is 6.07 Å². The molecule has 3 rings (SSSR count). The average Bonchev–Trinajstić information content (AvgIpc) is 2.73. The highest BCUT2D eigenvalue weighted by Gasteiger charge is 2.31. The number of nitrogens with one attached hydrogen (secondary N) is 1. The van der Waals surface area contributed by atoms with Crippen LogP contribution >= 0.6 is 0 Å². The Morgan fingerprint density at radius 1 is 1.13 bits per heavy atom. The summed E-state index contributed by atoms with van der Waals surface area (Å²) >= 11 is 0. The lowest BCUT2D eigenvalue weighted by atomic mass is 9.99. The molecule has 0 radical (unpaired) electrons. The van der Waals surface area contributed by atoms with E-state index in [2.05, 4.69) is 4.72 Å². The topological polar surface area (TPSA) is 127 Å². The predicted molar refractivity (Wildman–Crippen MR) is 110 cm³/mol. The van der Waals surface area contributed by atoms with Gasteiger partial charge < -0.3 is 5.11 Å². The molecule has 0 saturated heterocycles. The minimum Gasteiger partial charge on any atom is -0.371 e. The zero-order valence-corrected chi connectivity index (χ0v) is 16.5. The molecule has 0 amide bonds. The Morgan fingerprint density at radius 3 is 2.37 bits per heavy atom. The molecule has 0 saturated carbocycles. The first-order chi connectivity index (χ1) is 14.2. The van der Waals surface area contributed by atoms with Crippen molar-refractivity contribution in [3.8, 4) is 0 Å². The van der Waals surface area contributed by atoms with E-state index in [4.69, 9.17) is 0 Å². The number of carbonyl (C=O) groups is 1. The summed E-state index contributed by atoms with van der Waals surface area (Å²) in [6.45, 7) is 0. The molecule has 1 unspecified atom stereocenters. The highest BCUT2D eigenvalue weighted by molar-refractivity contribution is 7.89. The first kappa shape index (κ1) is 21.3. The molecule has 30 heavy (non-hydrogen) atoms.